The molecule has 2 aromatic rings. The number of piperidine rings is 1. The Balaban J connectivity index is 1.28. The number of hydrogen-bond acceptors (Lipinski definition) is 3. The van der Waals surface area contributed by atoms with Gasteiger partial charge in [-0.3, -0.25) is 9.59 Å². The van der Waals surface area contributed by atoms with Crippen LogP contribution in [0, 0.1) is 5.92 Å². The molecule has 0 aliphatic carbocycles. The zero-order valence-corrected chi connectivity index (χ0v) is 15.8. The number of para-hydroxylation sites is 1. The van der Waals surface area contributed by atoms with Gasteiger partial charge in [0.25, 0.3) is 0 Å². The Kier molecular flexibility index (Phi) is 5.42. The third-order valence-electron chi connectivity index (χ3n) is 5.35. The molecule has 0 atom stereocenters. The van der Waals surface area contributed by atoms with Crippen LogP contribution in [0.4, 0.5) is 5.69 Å². The maximum Gasteiger partial charge on any atom is 0.246 e. The number of fused-ring (bicyclic) bond motifs is 1. The van der Waals surface area contributed by atoms with Gasteiger partial charge in [-0.05, 0) is 54.3 Å². The minimum Gasteiger partial charge on any atom is -0.493 e. The van der Waals surface area contributed by atoms with Gasteiger partial charge in [-0.1, -0.05) is 24.3 Å². The largest absolute Gasteiger partial charge is 0.493 e. The van der Waals surface area contributed by atoms with Gasteiger partial charge in [0.1, 0.15) is 5.75 Å². The summed E-state index contributed by atoms with van der Waals surface area (Å²) in [5.41, 5.74) is 3.02. The van der Waals surface area contributed by atoms with Crippen LogP contribution < -0.4 is 10.1 Å². The normalized spacial score (nSPS) is 16.6. The lowest BCUT2D eigenvalue weighted by Gasteiger charge is -2.30. The summed E-state index contributed by atoms with van der Waals surface area (Å²) in [6.07, 6.45) is 5.78. The highest BCUT2D eigenvalue weighted by Crippen LogP contribution is 2.26. The molecular weight excluding hydrogens is 352 g/mol. The van der Waals surface area contributed by atoms with E-state index in [9.17, 15) is 9.59 Å². The number of anilines is 1. The number of nitrogens with zero attached hydrogens (tertiary/aromatic N) is 1. The fourth-order valence-electron chi connectivity index (χ4n) is 3.71. The Bertz CT molecular complexity index is 884. The van der Waals surface area contributed by atoms with Crippen molar-refractivity contribution < 1.29 is 14.3 Å². The molecule has 0 radical (unpaired) electrons. The first-order chi connectivity index (χ1) is 13.7. The number of likely N-dealkylation sites (tertiary alicyclic amines) is 1. The zero-order valence-electron chi connectivity index (χ0n) is 15.8. The fraction of sp³-hybridized carbons (Fsp3) is 0.304. The van der Waals surface area contributed by atoms with Crippen LogP contribution in [0.2, 0.25) is 0 Å². The molecule has 28 heavy (non-hydrogen) atoms. The molecule has 2 heterocycles. The first-order valence-corrected chi connectivity index (χ1v) is 9.78. The van der Waals surface area contributed by atoms with Crippen molar-refractivity contribution in [2.75, 3.05) is 25.0 Å². The van der Waals surface area contributed by atoms with Gasteiger partial charge in [0.15, 0.2) is 0 Å². The molecular formula is C23H24N2O3. The SMILES string of the molecule is O=C(Nc1ccccc1)C1CCN(C(=O)/C=C/c2ccc3c(c2)CCO3)CC1. The molecule has 1 N–H and O–H groups in total. The van der Waals surface area contributed by atoms with Gasteiger partial charge in [-0.2, -0.15) is 0 Å². The van der Waals surface area contributed by atoms with E-state index in [4.69, 9.17) is 4.74 Å². The number of nitrogens with one attached hydrogen (secondary N) is 1. The molecule has 2 aliphatic rings. The third-order valence-corrected chi connectivity index (χ3v) is 5.35. The van der Waals surface area contributed by atoms with E-state index in [1.54, 1.807) is 6.08 Å². The number of amides is 2. The molecule has 2 aliphatic heterocycles. The van der Waals surface area contributed by atoms with E-state index >= 15 is 0 Å². The number of carbonyl (C=O) groups excluding carboxylic acids is 2. The molecule has 144 valence electrons. The molecule has 2 amide bonds. The number of rotatable bonds is 4. The van der Waals surface area contributed by atoms with E-state index in [0.29, 0.717) is 25.9 Å². The van der Waals surface area contributed by atoms with Gasteiger partial charge in [0.05, 0.1) is 6.61 Å². The Hall–Kier alpha value is -3.08. The second-order valence-corrected chi connectivity index (χ2v) is 7.25. The van der Waals surface area contributed by atoms with E-state index in [0.717, 1.165) is 30.0 Å². The van der Waals surface area contributed by atoms with Crippen molar-refractivity contribution >= 4 is 23.6 Å². The topological polar surface area (TPSA) is 58.6 Å². The predicted molar refractivity (Wildman–Crippen MR) is 109 cm³/mol. The first kappa shape index (κ1) is 18.3. The smallest absolute Gasteiger partial charge is 0.246 e. The predicted octanol–water partition coefficient (Wildman–Crippen LogP) is 3.51. The second kappa shape index (κ2) is 8.30. The van der Waals surface area contributed by atoms with Crippen molar-refractivity contribution in [2.24, 2.45) is 5.92 Å². The number of carbonyl (C=O) groups is 2. The molecule has 1 fully saturated rings. The van der Waals surface area contributed by atoms with E-state index in [2.05, 4.69) is 11.4 Å². The Morgan fingerprint density at radius 2 is 1.86 bits per heavy atom. The van der Waals surface area contributed by atoms with Crippen LogP contribution in [0.5, 0.6) is 5.75 Å². The quantitative estimate of drug-likeness (QED) is 0.831. The zero-order chi connectivity index (χ0) is 19.3. The summed E-state index contributed by atoms with van der Waals surface area (Å²) in [5.74, 6) is 0.928. The third kappa shape index (κ3) is 4.25. The van der Waals surface area contributed by atoms with E-state index in [1.165, 1.54) is 5.56 Å². The number of benzene rings is 2. The Morgan fingerprint density at radius 1 is 1.07 bits per heavy atom. The van der Waals surface area contributed by atoms with Crippen LogP contribution in [0.3, 0.4) is 0 Å². The molecule has 4 rings (SSSR count). The van der Waals surface area contributed by atoms with Crippen LogP contribution in [0.25, 0.3) is 6.08 Å². The van der Waals surface area contributed by atoms with Crippen LogP contribution in [0.1, 0.15) is 24.0 Å². The average Bonchev–Trinajstić information content (AvgIpc) is 3.21. The highest BCUT2D eigenvalue weighted by Gasteiger charge is 2.26. The van der Waals surface area contributed by atoms with Crippen molar-refractivity contribution in [1.29, 1.82) is 0 Å². The summed E-state index contributed by atoms with van der Waals surface area (Å²) in [4.78, 5) is 26.7. The monoisotopic (exact) mass is 376 g/mol. The number of ether oxygens (including phenoxy) is 1. The van der Waals surface area contributed by atoms with E-state index in [-0.39, 0.29) is 17.7 Å². The molecule has 2 aromatic carbocycles. The summed E-state index contributed by atoms with van der Waals surface area (Å²) >= 11 is 0. The van der Waals surface area contributed by atoms with Gasteiger partial charge in [0.2, 0.25) is 11.8 Å². The van der Waals surface area contributed by atoms with Gasteiger partial charge in [0, 0.05) is 37.2 Å². The number of hydrogen-bond donors (Lipinski definition) is 1. The summed E-state index contributed by atoms with van der Waals surface area (Å²) in [6, 6.07) is 15.5. The Morgan fingerprint density at radius 3 is 2.64 bits per heavy atom. The maximum absolute atomic E-state index is 12.5. The lowest BCUT2D eigenvalue weighted by molar-refractivity contribution is -0.130. The van der Waals surface area contributed by atoms with Gasteiger partial charge in [-0.15, -0.1) is 0 Å². The fourth-order valence-corrected chi connectivity index (χ4v) is 3.71. The highest BCUT2D eigenvalue weighted by molar-refractivity contribution is 5.94. The lowest BCUT2D eigenvalue weighted by Crippen LogP contribution is -2.40. The molecule has 0 unspecified atom stereocenters. The molecule has 1 saturated heterocycles. The van der Waals surface area contributed by atoms with E-state index in [1.807, 2.05) is 53.4 Å². The highest BCUT2D eigenvalue weighted by atomic mass is 16.5. The maximum atomic E-state index is 12.5. The average molecular weight is 376 g/mol. The second-order valence-electron chi connectivity index (χ2n) is 7.25. The Labute approximate surface area is 165 Å². The summed E-state index contributed by atoms with van der Waals surface area (Å²) < 4.78 is 5.51. The van der Waals surface area contributed by atoms with Gasteiger partial charge < -0.3 is 15.0 Å². The first-order valence-electron chi connectivity index (χ1n) is 9.78. The standard InChI is InChI=1S/C23H24N2O3/c26-22(9-7-17-6-8-21-19(16-17)12-15-28-21)25-13-10-18(11-14-25)23(27)24-20-4-2-1-3-5-20/h1-9,16,18H,10-15H2,(H,24,27)/b9-7+. The molecule has 5 heteroatoms. The summed E-state index contributed by atoms with van der Waals surface area (Å²) in [7, 11) is 0. The van der Waals surface area contributed by atoms with Crippen molar-refractivity contribution in [2.45, 2.75) is 19.3 Å². The molecule has 5 nitrogen and oxygen atoms in total. The summed E-state index contributed by atoms with van der Waals surface area (Å²) in [6.45, 7) is 1.94. The molecule has 0 saturated carbocycles. The lowest BCUT2D eigenvalue weighted by atomic mass is 9.95. The minimum absolute atomic E-state index is 0.00124. The molecule has 0 spiro atoms. The van der Waals surface area contributed by atoms with E-state index < -0.39 is 0 Å². The molecule has 0 aromatic heterocycles. The molecule has 0 bridgehead atoms. The van der Waals surface area contributed by atoms with Crippen molar-refractivity contribution in [3.63, 3.8) is 0 Å². The summed E-state index contributed by atoms with van der Waals surface area (Å²) in [5, 5.41) is 2.96. The van der Waals surface area contributed by atoms with Crippen LogP contribution in [0.15, 0.2) is 54.6 Å². The van der Waals surface area contributed by atoms with Crippen molar-refractivity contribution in [3.8, 4) is 5.75 Å². The van der Waals surface area contributed by atoms with Crippen LogP contribution >= 0.6 is 0 Å². The van der Waals surface area contributed by atoms with Gasteiger partial charge in [-0.25, -0.2) is 0 Å². The van der Waals surface area contributed by atoms with Crippen LogP contribution in [-0.2, 0) is 16.0 Å². The van der Waals surface area contributed by atoms with Crippen LogP contribution in [-0.4, -0.2) is 36.4 Å². The van der Waals surface area contributed by atoms with Gasteiger partial charge >= 0.3 is 0 Å². The minimum atomic E-state index is -0.0510. The van der Waals surface area contributed by atoms with Crippen molar-refractivity contribution in [1.82, 2.24) is 4.90 Å². The van der Waals surface area contributed by atoms with Crippen molar-refractivity contribution in [3.05, 3.63) is 65.7 Å².